The van der Waals surface area contributed by atoms with Gasteiger partial charge < -0.3 is 4.74 Å². The van der Waals surface area contributed by atoms with Crippen LogP contribution in [0.4, 0.5) is 15.9 Å². The Labute approximate surface area is 120 Å². The minimum atomic E-state index is -0.486. The van der Waals surface area contributed by atoms with Crippen molar-refractivity contribution in [2.75, 3.05) is 12.4 Å². The van der Waals surface area contributed by atoms with Gasteiger partial charge in [-0.25, -0.2) is 9.37 Å². The summed E-state index contributed by atoms with van der Waals surface area (Å²) in [5, 5.41) is 13.9. The number of nitro groups is 1. The molecule has 1 aromatic heterocycles. The molecule has 0 fully saturated rings. The first-order chi connectivity index (χ1) is 10.0. The minimum absolute atomic E-state index is 0.0710. The van der Waals surface area contributed by atoms with Crippen molar-refractivity contribution >= 4 is 11.5 Å². The Bertz CT molecular complexity index is 664. The van der Waals surface area contributed by atoms with Crippen molar-refractivity contribution in [3.05, 3.63) is 58.0 Å². The van der Waals surface area contributed by atoms with E-state index in [2.05, 4.69) is 10.3 Å². The summed E-state index contributed by atoms with van der Waals surface area (Å²) in [5.41, 5.74) is 0.582. The van der Waals surface area contributed by atoms with Crippen molar-refractivity contribution in [2.45, 2.75) is 13.0 Å². The third-order valence-electron chi connectivity index (χ3n) is 3.07. The first kappa shape index (κ1) is 14.7. The summed E-state index contributed by atoms with van der Waals surface area (Å²) in [4.78, 5) is 13.2. The van der Waals surface area contributed by atoms with E-state index in [0.717, 1.165) is 0 Å². The summed E-state index contributed by atoms with van der Waals surface area (Å²) in [6, 6.07) is 7.18. The van der Waals surface area contributed by atoms with Crippen LogP contribution in [-0.2, 0) is 0 Å². The lowest BCUT2D eigenvalue weighted by molar-refractivity contribution is -0.409. The number of ether oxygens (including phenoxy) is 1. The topological polar surface area (TPSA) is 78.5 Å². The second kappa shape index (κ2) is 6.17. The quantitative estimate of drug-likeness (QED) is 0.679. The standard InChI is InChI=1S/C14H14FN3O3/c1-9(10-5-6-13(21-2)11(15)8-10)17-14-12(18(19)20)4-3-7-16-14/h3-9H,1-2H3,(H,16,17)/p+1/t9-/m0/s1. The normalized spacial score (nSPS) is 11.8. The summed E-state index contributed by atoms with van der Waals surface area (Å²) >= 11 is 0. The van der Waals surface area contributed by atoms with E-state index in [-0.39, 0.29) is 23.3 Å². The molecule has 0 radical (unpaired) electrons. The van der Waals surface area contributed by atoms with Crippen molar-refractivity contribution in [3.63, 3.8) is 0 Å². The van der Waals surface area contributed by atoms with E-state index in [1.165, 1.54) is 25.3 Å². The first-order valence-electron chi connectivity index (χ1n) is 6.28. The third-order valence-corrected chi connectivity index (χ3v) is 3.07. The summed E-state index contributed by atoms with van der Waals surface area (Å²) in [5.74, 6) is -0.0513. The molecular weight excluding hydrogens is 277 g/mol. The number of nitrogens with one attached hydrogen (secondary N) is 2. The fourth-order valence-electron chi connectivity index (χ4n) is 1.95. The highest BCUT2D eigenvalue weighted by Gasteiger charge is 2.23. The third kappa shape index (κ3) is 3.25. The molecule has 0 amide bonds. The maximum absolute atomic E-state index is 13.7. The van der Waals surface area contributed by atoms with Crippen LogP contribution in [-0.4, -0.2) is 12.0 Å². The molecule has 110 valence electrons. The average Bonchev–Trinajstić information content (AvgIpc) is 2.47. The molecule has 0 aliphatic carbocycles. The van der Waals surface area contributed by atoms with Crippen LogP contribution in [0.1, 0.15) is 18.5 Å². The number of nitrogens with zero attached hydrogens (tertiary/aromatic N) is 1. The number of hydrogen-bond acceptors (Lipinski definition) is 4. The second-order valence-electron chi connectivity index (χ2n) is 4.45. The van der Waals surface area contributed by atoms with E-state index in [1.54, 1.807) is 25.3 Å². The zero-order valence-corrected chi connectivity index (χ0v) is 11.6. The van der Waals surface area contributed by atoms with Crippen molar-refractivity contribution < 1.29 is 19.0 Å². The van der Waals surface area contributed by atoms with Crippen molar-refractivity contribution in [3.8, 4) is 5.75 Å². The number of benzene rings is 1. The minimum Gasteiger partial charge on any atom is -0.494 e. The molecule has 1 heterocycles. The van der Waals surface area contributed by atoms with Gasteiger partial charge in [-0.15, -0.1) is 0 Å². The highest BCUT2D eigenvalue weighted by Crippen LogP contribution is 2.26. The number of halogens is 1. The van der Waals surface area contributed by atoms with Gasteiger partial charge in [0.15, 0.2) is 11.6 Å². The average molecular weight is 292 g/mol. The molecule has 0 unspecified atom stereocenters. The SMILES string of the molecule is COc1ccc([C@H](C)Nc2[nH+]cccc2[N+](=O)[O-])cc1F. The van der Waals surface area contributed by atoms with E-state index in [4.69, 9.17) is 4.74 Å². The van der Waals surface area contributed by atoms with Crippen LogP contribution in [0.25, 0.3) is 0 Å². The van der Waals surface area contributed by atoms with E-state index < -0.39 is 10.7 Å². The fraction of sp³-hybridized carbons (Fsp3) is 0.214. The van der Waals surface area contributed by atoms with Gasteiger partial charge in [-0.05, 0) is 30.7 Å². The molecule has 0 bridgehead atoms. The number of rotatable bonds is 5. The molecule has 0 saturated heterocycles. The predicted molar refractivity (Wildman–Crippen MR) is 74.6 cm³/mol. The number of aromatic amines is 1. The Morgan fingerprint density at radius 1 is 1.43 bits per heavy atom. The fourth-order valence-corrected chi connectivity index (χ4v) is 1.95. The number of hydrogen-bond donors (Lipinski definition) is 1. The highest BCUT2D eigenvalue weighted by molar-refractivity contribution is 5.52. The second-order valence-corrected chi connectivity index (χ2v) is 4.45. The van der Waals surface area contributed by atoms with Gasteiger partial charge in [-0.1, -0.05) is 6.07 Å². The molecule has 0 saturated carbocycles. The van der Waals surface area contributed by atoms with E-state index in [1.807, 2.05) is 0 Å². The monoisotopic (exact) mass is 292 g/mol. The van der Waals surface area contributed by atoms with E-state index in [0.29, 0.717) is 5.56 Å². The van der Waals surface area contributed by atoms with E-state index >= 15 is 0 Å². The molecule has 6 nitrogen and oxygen atoms in total. The highest BCUT2D eigenvalue weighted by atomic mass is 19.1. The van der Waals surface area contributed by atoms with Gasteiger partial charge in [0, 0.05) is 6.07 Å². The molecule has 2 aromatic rings. The van der Waals surface area contributed by atoms with Crippen LogP contribution in [0.15, 0.2) is 36.5 Å². The van der Waals surface area contributed by atoms with Gasteiger partial charge in [0.25, 0.3) is 0 Å². The van der Waals surface area contributed by atoms with Crippen LogP contribution >= 0.6 is 0 Å². The summed E-state index contributed by atoms with van der Waals surface area (Å²) in [6.45, 7) is 1.78. The molecule has 1 atom stereocenters. The lowest BCUT2D eigenvalue weighted by atomic mass is 10.1. The van der Waals surface area contributed by atoms with Gasteiger partial charge in [-0.3, -0.25) is 15.4 Å². The van der Waals surface area contributed by atoms with Gasteiger partial charge in [0.05, 0.1) is 18.2 Å². The Balaban J connectivity index is 2.24. The molecule has 0 aliphatic heterocycles. The van der Waals surface area contributed by atoms with Gasteiger partial charge in [0.1, 0.15) is 6.04 Å². The number of methoxy groups -OCH3 is 1. The largest absolute Gasteiger partial charge is 0.494 e. The predicted octanol–water partition coefficient (Wildman–Crippen LogP) is 2.73. The van der Waals surface area contributed by atoms with Crippen LogP contribution < -0.4 is 15.0 Å². The van der Waals surface area contributed by atoms with E-state index in [9.17, 15) is 14.5 Å². The Hall–Kier alpha value is -2.70. The van der Waals surface area contributed by atoms with Gasteiger partial charge in [-0.2, -0.15) is 0 Å². The number of anilines is 1. The van der Waals surface area contributed by atoms with Crippen LogP contribution in [0.5, 0.6) is 5.75 Å². The zero-order chi connectivity index (χ0) is 15.4. The maximum Gasteiger partial charge on any atom is 0.357 e. The number of aromatic nitrogens is 1. The summed E-state index contributed by atoms with van der Waals surface area (Å²) in [7, 11) is 1.39. The smallest absolute Gasteiger partial charge is 0.357 e. The zero-order valence-electron chi connectivity index (χ0n) is 11.6. The Kier molecular flexibility index (Phi) is 4.32. The van der Waals surface area contributed by atoms with Gasteiger partial charge >= 0.3 is 11.5 Å². The first-order valence-corrected chi connectivity index (χ1v) is 6.28. The molecule has 2 rings (SSSR count). The lowest BCUT2D eigenvalue weighted by Crippen LogP contribution is -2.17. The summed E-state index contributed by atoms with van der Waals surface area (Å²) < 4.78 is 18.5. The molecule has 0 aliphatic rings. The van der Waals surface area contributed by atoms with Crippen molar-refractivity contribution in [2.24, 2.45) is 0 Å². The summed E-state index contributed by atoms with van der Waals surface area (Å²) in [6.07, 6.45) is 1.58. The van der Waals surface area contributed by atoms with Crippen LogP contribution in [0.3, 0.4) is 0 Å². The Morgan fingerprint density at radius 3 is 2.81 bits per heavy atom. The molecular formula is C14H15FN3O3+. The van der Waals surface area contributed by atoms with Crippen LogP contribution in [0.2, 0.25) is 0 Å². The molecule has 21 heavy (non-hydrogen) atoms. The molecule has 1 aromatic carbocycles. The number of H-pyrrole nitrogens is 1. The Morgan fingerprint density at radius 2 is 2.19 bits per heavy atom. The molecule has 7 heteroatoms. The van der Waals surface area contributed by atoms with Crippen molar-refractivity contribution in [1.82, 2.24) is 0 Å². The number of pyridine rings is 1. The van der Waals surface area contributed by atoms with Gasteiger partial charge in [0.2, 0.25) is 0 Å². The molecule has 0 spiro atoms. The molecule has 2 N–H and O–H groups in total. The van der Waals surface area contributed by atoms with Crippen molar-refractivity contribution in [1.29, 1.82) is 0 Å². The lowest BCUT2D eigenvalue weighted by Gasteiger charge is -2.10. The maximum atomic E-state index is 13.7. The van der Waals surface area contributed by atoms with Crippen LogP contribution in [0, 0.1) is 15.9 Å².